The van der Waals surface area contributed by atoms with Crippen molar-refractivity contribution in [1.29, 1.82) is 0 Å². The molecule has 34 heavy (non-hydrogen) atoms. The zero-order valence-corrected chi connectivity index (χ0v) is 19.3. The lowest BCUT2D eigenvalue weighted by Gasteiger charge is -2.31. The van der Waals surface area contributed by atoms with E-state index in [1.165, 1.54) is 0 Å². The van der Waals surface area contributed by atoms with Crippen molar-refractivity contribution in [3.05, 3.63) is 131 Å². The summed E-state index contributed by atoms with van der Waals surface area (Å²) in [6.45, 7) is 0.528. The molecule has 0 saturated heterocycles. The topological polar surface area (TPSA) is 62.6 Å². The molecule has 0 aliphatic rings. The quantitative estimate of drug-likeness (QED) is 0.347. The number of benzene rings is 3. The van der Waals surface area contributed by atoms with E-state index in [1.54, 1.807) is 35.4 Å². The zero-order chi connectivity index (χ0) is 23.8. The van der Waals surface area contributed by atoms with Crippen LogP contribution in [0.2, 0.25) is 5.02 Å². The van der Waals surface area contributed by atoms with Crippen LogP contribution < -0.4 is 5.32 Å². The molecule has 0 aliphatic heterocycles. The number of halogens is 1. The van der Waals surface area contributed by atoms with Crippen LogP contribution >= 0.6 is 11.6 Å². The molecule has 0 bridgehead atoms. The van der Waals surface area contributed by atoms with Gasteiger partial charge in [-0.05, 0) is 41.0 Å². The SMILES string of the molecule is O=C(NCc1ccco1)[C@H](c1ccccc1)N(Cc1ccccc1)C(=O)Cc1ccc(Cl)cc1. The predicted octanol–water partition coefficient (Wildman–Crippen LogP) is 5.56. The smallest absolute Gasteiger partial charge is 0.247 e. The lowest BCUT2D eigenvalue weighted by atomic mass is 10.0. The second-order valence-corrected chi connectivity index (χ2v) is 8.36. The Morgan fingerprint density at radius 3 is 2.15 bits per heavy atom. The Bertz CT molecular complexity index is 1190. The van der Waals surface area contributed by atoms with Gasteiger partial charge in [-0.2, -0.15) is 0 Å². The molecule has 1 aromatic heterocycles. The largest absolute Gasteiger partial charge is 0.467 e. The fraction of sp³-hybridized carbons (Fsp3) is 0.143. The van der Waals surface area contributed by atoms with E-state index in [0.717, 1.165) is 16.7 Å². The van der Waals surface area contributed by atoms with E-state index < -0.39 is 6.04 Å². The first-order valence-electron chi connectivity index (χ1n) is 11.0. The van der Waals surface area contributed by atoms with Gasteiger partial charge in [0.2, 0.25) is 11.8 Å². The third kappa shape index (κ3) is 6.15. The van der Waals surface area contributed by atoms with Crippen molar-refractivity contribution >= 4 is 23.4 Å². The van der Waals surface area contributed by atoms with Gasteiger partial charge in [-0.1, -0.05) is 84.4 Å². The molecule has 1 heterocycles. The van der Waals surface area contributed by atoms with Crippen LogP contribution in [0.3, 0.4) is 0 Å². The average molecular weight is 473 g/mol. The van der Waals surface area contributed by atoms with Crippen molar-refractivity contribution in [2.45, 2.75) is 25.6 Å². The van der Waals surface area contributed by atoms with E-state index in [4.69, 9.17) is 16.0 Å². The second kappa shape index (κ2) is 11.3. The third-order valence-corrected chi connectivity index (χ3v) is 5.73. The normalized spacial score (nSPS) is 11.6. The first-order chi connectivity index (χ1) is 16.6. The summed E-state index contributed by atoms with van der Waals surface area (Å²) in [5.41, 5.74) is 2.50. The molecule has 0 fully saturated rings. The highest BCUT2D eigenvalue weighted by Crippen LogP contribution is 2.25. The van der Waals surface area contributed by atoms with E-state index >= 15 is 0 Å². The number of hydrogen-bond acceptors (Lipinski definition) is 3. The lowest BCUT2D eigenvalue weighted by molar-refractivity contribution is -0.141. The number of carbonyl (C=O) groups excluding carboxylic acids is 2. The Hall–Kier alpha value is -3.83. The Morgan fingerprint density at radius 1 is 0.824 bits per heavy atom. The summed E-state index contributed by atoms with van der Waals surface area (Å²) < 4.78 is 5.36. The molecular formula is C28H25ClN2O3. The van der Waals surface area contributed by atoms with Gasteiger partial charge >= 0.3 is 0 Å². The number of furan rings is 1. The van der Waals surface area contributed by atoms with Crippen LogP contribution in [0.25, 0.3) is 0 Å². The summed E-state index contributed by atoms with van der Waals surface area (Å²) in [4.78, 5) is 28.8. The minimum Gasteiger partial charge on any atom is -0.467 e. The van der Waals surface area contributed by atoms with Gasteiger partial charge in [-0.15, -0.1) is 0 Å². The molecule has 1 N–H and O–H groups in total. The van der Waals surface area contributed by atoms with Crippen LogP contribution in [0.15, 0.2) is 108 Å². The van der Waals surface area contributed by atoms with Crippen molar-refractivity contribution in [2.75, 3.05) is 0 Å². The van der Waals surface area contributed by atoms with E-state index in [1.807, 2.05) is 72.8 Å². The summed E-state index contributed by atoms with van der Waals surface area (Å²) in [5.74, 6) is 0.207. The third-order valence-electron chi connectivity index (χ3n) is 5.48. The van der Waals surface area contributed by atoms with Crippen molar-refractivity contribution in [2.24, 2.45) is 0 Å². The van der Waals surface area contributed by atoms with Crippen molar-refractivity contribution in [3.63, 3.8) is 0 Å². The maximum atomic E-state index is 13.6. The molecule has 4 rings (SSSR count). The molecule has 0 saturated carbocycles. The molecule has 172 valence electrons. The lowest BCUT2D eigenvalue weighted by Crippen LogP contribution is -2.43. The number of amides is 2. The monoisotopic (exact) mass is 472 g/mol. The number of nitrogens with one attached hydrogen (secondary N) is 1. The van der Waals surface area contributed by atoms with E-state index in [9.17, 15) is 9.59 Å². The molecule has 1 atom stereocenters. The maximum absolute atomic E-state index is 13.6. The predicted molar refractivity (Wildman–Crippen MR) is 132 cm³/mol. The fourth-order valence-electron chi connectivity index (χ4n) is 3.77. The molecule has 4 aromatic rings. The van der Waals surface area contributed by atoms with E-state index in [-0.39, 0.29) is 24.8 Å². The van der Waals surface area contributed by atoms with E-state index in [2.05, 4.69) is 5.32 Å². The van der Waals surface area contributed by atoms with Gasteiger partial charge in [0.25, 0.3) is 0 Å². The molecule has 3 aromatic carbocycles. The van der Waals surface area contributed by atoms with Gasteiger partial charge in [0.15, 0.2) is 0 Å². The van der Waals surface area contributed by atoms with Crippen LogP contribution in [0, 0.1) is 0 Å². The summed E-state index contributed by atoms with van der Waals surface area (Å²) in [6, 6.07) is 29.0. The molecule has 2 amide bonds. The fourth-order valence-corrected chi connectivity index (χ4v) is 3.90. The van der Waals surface area contributed by atoms with Gasteiger partial charge in [0.05, 0.1) is 19.2 Å². The van der Waals surface area contributed by atoms with Gasteiger partial charge in [0.1, 0.15) is 11.8 Å². The standard InChI is InChI=1S/C28H25ClN2O3/c29-24-15-13-21(14-16-24)18-26(32)31(20-22-8-3-1-4-9-22)27(23-10-5-2-6-11-23)28(33)30-19-25-12-7-17-34-25/h1-17,27H,18-20H2,(H,30,33)/t27-/m0/s1. The molecule has 0 radical (unpaired) electrons. The van der Waals surface area contributed by atoms with Crippen molar-refractivity contribution in [1.82, 2.24) is 10.2 Å². The Balaban J connectivity index is 1.66. The number of carbonyl (C=O) groups is 2. The highest BCUT2D eigenvalue weighted by molar-refractivity contribution is 6.30. The summed E-state index contributed by atoms with van der Waals surface area (Å²) in [6.07, 6.45) is 1.71. The molecule has 5 nitrogen and oxygen atoms in total. The van der Waals surface area contributed by atoms with Crippen LogP contribution in [0.5, 0.6) is 0 Å². The summed E-state index contributed by atoms with van der Waals surface area (Å²) >= 11 is 6.01. The molecule has 6 heteroatoms. The van der Waals surface area contributed by atoms with Crippen molar-refractivity contribution in [3.8, 4) is 0 Å². The number of rotatable bonds is 9. The Labute approximate surface area is 204 Å². The molecular weight excluding hydrogens is 448 g/mol. The minimum atomic E-state index is -0.809. The zero-order valence-electron chi connectivity index (χ0n) is 18.6. The number of nitrogens with zero attached hydrogens (tertiary/aromatic N) is 1. The molecule has 0 aliphatic carbocycles. The van der Waals surface area contributed by atoms with Crippen LogP contribution in [0.1, 0.15) is 28.5 Å². The van der Waals surface area contributed by atoms with Crippen LogP contribution in [-0.2, 0) is 29.1 Å². The Morgan fingerprint density at radius 2 is 1.50 bits per heavy atom. The highest BCUT2D eigenvalue weighted by Gasteiger charge is 2.31. The maximum Gasteiger partial charge on any atom is 0.247 e. The average Bonchev–Trinajstić information content (AvgIpc) is 3.39. The summed E-state index contributed by atoms with van der Waals surface area (Å²) in [7, 11) is 0. The van der Waals surface area contributed by atoms with Gasteiger partial charge in [0, 0.05) is 11.6 Å². The Kier molecular flexibility index (Phi) is 7.79. The van der Waals surface area contributed by atoms with Gasteiger partial charge in [-0.25, -0.2) is 0 Å². The van der Waals surface area contributed by atoms with Gasteiger partial charge in [-0.3, -0.25) is 9.59 Å². The number of hydrogen-bond donors (Lipinski definition) is 1. The molecule has 0 spiro atoms. The van der Waals surface area contributed by atoms with Crippen LogP contribution in [-0.4, -0.2) is 16.7 Å². The first-order valence-corrected chi connectivity index (χ1v) is 11.4. The summed E-state index contributed by atoms with van der Waals surface area (Å²) in [5, 5.41) is 3.54. The van der Waals surface area contributed by atoms with E-state index in [0.29, 0.717) is 17.3 Å². The molecule has 0 unspecified atom stereocenters. The van der Waals surface area contributed by atoms with Crippen molar-refractivity contribution < 1.29 is 14.0 Å². The highest BCUT2D eigenvalue weighted by atomic mass is 35.5. The first kappa shape index (κ1) is 23.3. The second-order valence-electron chi connectivity index (χ2n) is 7.92. The van der Waals surface area contributed by atoms with Gasteiger partial charge < -0.3 is 14.6 Å². The van der Waals surface area contributed by atoms with Crippen LogP contribution in [0.4, 0.5) is 0 Å². The minimum absolute atomic E-state index is 0.152.